The van der Waals surface area contributed by atoms with Gasteiger partial charge >= 0.3 is 0 Å². The second-order valence-electron chi connectivity index (χ2n) is 4.65. The van der Waals surface area contributed by atoms with E-state index >= 15 is 0 Å². The highest BCUT2D eigenvalue weighted by Crippen LogP contribution is 2.25. The summed E-state index contributed by atoms with van der Waals surface area (Å²) in [7, 11) is 1.56. The molecule has 2 rings (SSSR count). The maximum absolute atomic E-state index is 12.2. The molecule has 0 aromatic heterocycles. The van der Waals surface area contributed by atoms with Crippen molar-refractivity contribution in [1.29, 1.82) is 0 Å². The van der Waals surface area contributed by atoms with Crippen LogP contribution in [0, 0.1) is 0 Å². The van der Waals surface area contributed by atoms with Gasteiger partial charge in [-0.25, -0.2) is 0 Å². The molecule has 0 atom stereocenters. The van der Waals surface area contributed by atoms with Crippen LogP contribution in [0.4, 0.5) is 0 Å². The second-order valence-corrected chi connectivity index (χ2v) is 5.06. The van der Waals surface area contributed by atoms with Gasteiger partial charge in [0.05, 0.1) is 18.7 Å². The quantitative estimate of drug-likeness (QED) is 0.856. The first-order valence-electron chi connectivity index (χ1n) is 6.50. The Balaban J connectivity index is 2.00. The fraction of sp³-hybridized carbons (Fsp3) is 0.500. The van der Waals surface area contributed by atoms with Gasteiger partial charge in [-0.15, -0.1) is 0 Å². The lowest BCUT2D eigenvalue weighted by Crippen LogP contribution is -2.33. The van der Waals surface area contributed by atoms with Gasteiger partial charge in [0.2, 0.25) is 0 Å². The average molecular weight is 283 g/mol. The van der Waals surface area contributed by atoms with Crippen LogP contribution in [0.25, 0.3) is 0 Å². The largest absolute Gasteiger partial charge is 0.495 e. The Labute approximate surface area is 118 Å². The molecule has 1 N–H and O–H groups in total. The van der Waals surface area contributed by atoms with E-state index < -0.39 is 0 Å². The number of Topliss-reactive ketones (excluding diaryl/α,β-unsaturated/α-hetero) is 1. The summed E-state index contributed by atoms with van der Waals surface area (Å²) in [5, 5.41) is 3.80. The van der Waals surface area contributed by atoms with Crippen molar-refractivity contribution in [3.05, 3.63) is 28.8 Å². The molecular weight excluding hydrogens is 264 g/mol. The monoisotopic (exact) mass is 282 g/mol. The van der Waals surface area contributed by atoms with Crippen molar-refractivity contribution >= 4 is 17.4 Å². The van der Waals surface area contributed by atoms with E-state index in [4.69, 9.17) is 16.3 Å². The van der Waals surface area contributed by atoms with Gasteiger partial charge in [0, 0.05) is 18.7 Å². The van der Waals surface area contributed by atoms with E-state index in [2.05, 4.69) is 10.2 Å². The van der Waals surface area contributed by atoms with E-state index in [0.717, 1.165) is 32.6 Å². The summed E-state index contributed by atoms with van der Waals surface area (Å²) in [5.74, 6) is 0.698. The Kier molecular flexibility index (Phi) is 5.19. The number of rotatable bonds is 4. The van der Waals surface area contributed by atoms with E-state index in [1.54, 1.807) is 25.3 Å². The van der Waals surface area contributed by atoms with Gasteiger partial charge in [0.15, 0.2) is 5.78 Å². The van der Waals surface area contributed by atoms with Gasteiger partial charge in [-0.1, -0.05) is 11.6 Å². The molecule has 0 unspecified atom stereocenters. The molecule has 1 heterocycles. The SMILES string of the molecule is COc1ccc(C(=O)CN2CCCNCC2)cc1Cl. The minimum Gasteiger partial charge on any atom is -0.495 e. The molecule has 5 heteroatoms. The van der Waals surface area contributed by atoms with Gasteiger partial charge in [-0.3, -0.25) is 9.69 Å². The van der Waals surface area contributed by atoms with Gasteiger partial charge < -0.3 is 10.1 Å². The first-order chi connectivity index (χ1) is 9.20. The van der Waals surface area contributed by atoms with Crippen LogP contribution < -0.4 is 10.1 Å². The van der Waals surface area contributed by atoms with Crippen molar-refractivity contribution in [2.24, 2.45) is 0 Å². The summed E-state index contributed by atoms with van der Waals surface area (Å²) >= 11 is 6.04. The molecule has 1 aliphatic rings. The summed E-state index contributed by atoms with van der Waals surface area (Å²) < 4.78 is 5.08. The first kappa shape index (κ1) is 14.3. The number of nitrogens with one attached hydrogen (secondary N) is 1. The zero-order chi connectivity index (χ0) is 13.7. The predicted molar refractivity (Wildman–Crippen MR) is 76.3 cm³/mol. The molecule has 0 radical (unpaired) electrons. The minimum atomic E-state index is 0.103. The molecule has 1 aliphatic heterocycles. The Morgan fingerprint density at radius 1 is 1.42 bits per heavy atom. The third-order valence-corrected chi connectivity index (χ3v) is 3.57. The fourth-order valence-corrected chi connectivity index (χ4v) is 2.45. The van der Waals surface area contributed by atoms with Crippen LogP contribution in [0.3, 0.4) is 0 Å². The molecule has 0 spiro atoms. The number of ether oxygens (including phenoxy) is 1. The van der Waals surface area contributed by atoms with Gasteiger partial charge in [0.25, 0.3) is 0 Å². The van der Waals surface area contributed by atoms with Crippen LogP contribution in [-0.2, 0) is 0 Å². The third kappa shape index (κ3) is 3.93. The lowest BCUT2D eigenvalue weighted by molar-refractivity contribution is 0.0935. The molecule has 4 nitrogen and oxygen atoms in total. The number of nitrogens with zero attached hydrogens (tertiary/aromatic N) is 1. The van der Waals surface area contributed by atoms with Crippen LogP contribution in [-0.4, -0.2) is 50.5 Å². The van der Waals surface area contributed by atoms with Crippen molar-refractivity contribution in [1.82, 2.24) is 10.2 Å². The molecule has 0 bridgehead atoms. The highest BCUT2D eigenvalue weighted by atomic mass is 35.5. The molecule has 0 amide bonds. The van der Waals surface area contributed by atoms with E-state index in [-0.39, 0.29) is 5.78 Å². The van der Waals surface area contributed by atoms with Crippen LogP contribution >= 0.6 is 11.6 Å². The van der Waals surface area contributed by atoms with Gasteiger partial charge in [0.1, 0.15) is 5.75 Å². The lowest BCUT2D eigenvalue weighted by Gasteiger charge is -2.18. The number of carbonyl (C=O) groups is 1. The van der Waals surface area contributed by atoms with Crippen molar-refractivity contribution < 1.29 is 9.53 Å². The summed E-state index contributed by atoms with van der Waals surface area (Å²) in [6, 6.07) is 5.18. The van der Waals surface area contributed by atoms with Crippen LogP contribution in [0.5, 0.6) is 5.75 Å². The number of halogens is 1. The molecule has 1 aromatic rings. The van der Waals surface area contributed by atoms with E-state index in [1.807, 2.05) is 0 Å². The lowest BCUT2D eigenvalue weighted by atomic mass is 10.1. The van der Waals surface area contributed by atoms with E-state index in [1.165, 1.54) is 0 Å². The van der Waals surface area contributed by atoms with Gasteiger partial charge in [-0.05, 0) is 37.7 Å². The number of ketones is 1. The van der Waals surface area contributed by atoms with E-state index in [9.17, 15) is 4.79 Å². The number of carbonyl (C=O) groups excluding carboxylic acids is 1. The second kappa shape index (κ2) is 6.89. The van der Waals surface area contributed by atoms with Crippen LogP contribution in [0.15, 0.2) is 18.2 Å². The molecule has 0 saturated carbocycles. The van der Waals surface area contributed by atoms with Crippen molar-refractivity contribution in [3.8, 4) is 5.75 Å². The maximum atomic E-state index is 12.2. The molecule has 1 fully saturated rings. The summed E-state index contributed by atoms with van der Waals surface area (Å²) in [6.07, 6.45) is 1.08. The number of methoxy groups -OCH3 is 1. The number of hydrogen-bond donors (Lipinski definition) is 1. The molecule has 1 saturated heterocycles. The summed E-state index contributed by atoms with van der Waals surface area (Å²) in [5.41, 5.74) is 0.642. The van der Waals surface area contributed by atoms with Crippen LogP contribution in [0.1, 0.15) is 16.8 Å². The Bertz CT molecular complexity index is 443. The molecule has 1 aromatic carbocycles. The smallest absolute Gasteiger partial charge is 0.176 e. The van der Waals surface area contributed by atoms with Crippen molar-refractivity contribution in [2.75, 3.05) is 39.8 Å². The number of hydrogen-bond acceptors (Lipinski definition) is 4. The molecule has 0 aliphatic carbocycles. The van der Waals surface area contributed by atoms with E-state index in [0.29, 0.717) is 22.9 Å². The van der Waals surface area contributed by atoms with Gasteiger partial charge in [-0.2, -0.15) is 0 Å². The fourth-order valence-electron chi connectivity index (χ4n) is 2.19. The summed E-state index contributed by atoms with van der Waals surface area (Å²) in [6.45, 7) is 4.29. The highest BCUT2D eigenvalue weighted by molar-refractivity contribution is 6.32. The first-order valence-corrected chi connectivity index (χ1v) is 6.88. The maximum Gasteiger partial charge on any atom is 0.176 e. The summed E-state index contributed by atoms with van der Waals surface area (Å²) in [4.78, 5) is 14.4. The average Bonchev–Trinajstić information content (AvgIpc) is 2.67. The Morgan fingerprint density at radius 2 is 2.26 bits per heavy atom. The minimum absolute atomic E-state index is 0.103. The van der Waals surface area contributed by atoms with Crippen LogP contribution in [0.2, 0.25) is 5.02 Å². The standard InChI is InChI=1S/C14H19ClN2O2/c1-19-14-4-3-11(9-12(14)15)13(18)10-17-7-2-5-16-6-8-17/h3-4,9,16H,2,5-8,10H2,1H3. The molecular formula is C14H19ClN2O2. The third-order valence-electron chi connectivity index (χ3n) is 3.27. The van der Waals surface area contributed by atoms with Crippen molar-refractivity contribution in [3.63, 3.8) is 0 Å². The molecule has 104 valence electrons. The topological polar surface area (TPSA) is 41.6 Å². The normalized spacial score (nSPS) is 16.9. The molecule has 19 heavy (non-hydrogen) atoms. The highest BCUT2D eigenvalue weighted by Gasteiger charge is 2.15. The zero-order valence-corrected chi connectivity index (χ0v) is 11.9. The zero-order valence-electron chi connectivity index (χ0n) is 11.1. The Morgan fingerprint density at radius 3 is 3.00 bits per heavy atom. The predicted octanol–water partition coefficient (Wildman–Crippen LogP) is 1.83. The Hall–Kier alpha value is -1.10. The van der Waals surface area contributed by atoms with Crippen molar-refractivity contribution in [2.45, 2.75) is 6.42 Å². The number of benzene rings is 1.